The molecule has 1 aromatic heterocycles. The fourth-order valence-corrected chi connectivity index (χ4v) is 5.58. The lowest BCUT2D eigenvalue weighted by atomic mass is 10.0. The number of rotatable bonds is 7. The second-order valence-electron chi connectivity index (χ2n) is 10.5. The number of anilines is 3. The van der Waals surface area contributed by atoms with Crippen LogP contribution in [0.25, 0.3) is 0 Å². The Labute approximate surface area is 210 Å². The molecule has 3 saturated heterocycles. The van der Waals surface area contributed by atoms with Crippen LogP contribution in [0.15, 0.2) is 22.6 Å². The van der Waals surface area contributed by atoms with E-state index in [9.17, 15) is 18.3 Å². The number of nitrogens with one attached hydrogen (secondary N) is 1. The van der Waals surface area contributed by atoms with Crippen LogP contribution in [-0.4, -0.2) is 66.7 Å². The molecule has 5 rings (SSSR count). The zero-order valence-electron chi connectivity index (χ0n) is 20.9. The van der Waals surface area contributed by atoms with Gasteiger partial charge in [-0.2, -0.15) is 4.98 Å². The summed E-state index contributed by atoms with van der Waals surface area (Å²) < 4.78 is 47.5. The van der Waals surface area contributed by atoms with Crippen molar-refractivity contribution in [2.75, 3.05) is 60.9 Å². The number of nitrogens with zero attached hydrogens (tertiary/aromatic N) is 4. The minimum Gasteiger partial charge on any atom is -0.428 e. The van der Waals surface area contributed by atoms with Gasteiger partial charge in [0.1, 0.15) is 17.3 Å². The second-order valence-corrected chi connectivity index (χ2v) is 10.5. The summed E-state index contributed by atoms with van der Waals surface area (Å²) in [5.74, 6) is -1.98. The van der Waals surface area contributed by atoms with Crippen molar-refractivity contribution in [2.45, 2.75) is 57.6 Å². The average Bonchev–Trinajstić information content (AvgIpc) is 3.47. The van der Waals surface area contributed by atoms with Crippen LogP contribution in [0.5, 0.6) is 0 Å². The van der Waals surface area contributed by atoms with E-state index in [0.717, 1.165) is 52.0 Å². The van der Waals surface area contributed by atoms with Gasteiger partial charge in [0, 0.05) is 64.3 Å². The van der Waals surface area contributed by atoms with Crippen LogP contribution >= 0.6 is 0 Å². The molecule has 2 unspecified atom stereocenters. The molecule has 10 heteroatoms. The van der Waals surface area contributed by atoms with Crippen molar-refractivity contribution >= 4 is 17.4 Å². The molecular formula is C26H36F3N5O2. The van der Waals surface area contributed by atoms with Gasteiger partial charge in [0.2, 0.25) is 0 Å². The summed E-state index contributed by atoms with van der Waals surface area (Å²) >= 11 is 0. The number of piperidine rings is 2. The number of oxazole rings is 1. The molecular weight excluding hydrogens is 471 g/mol. The van der Waals surface area contributed by atoms with E-state index in [-0.39, 0.29) is 18.7 Å². The second kappa shape index (κ2) is 10.5. The van der Waals surface area contributed by atoms with E-state index in [2.05, 4.69) is 20.1 Å². The summed E-state index contributed by atoms with van der Waals surface area (Å²) in [6, 6.07) is 5.38. The number of benzene rings is 1. The van der Waals surface area contributed by atoms with Crippen LogP contribution in [0.1, 0.15) is 56.2 Å². The molecule has 0 radical (unpaired) electrons. The Bertz CT molecular complexity index is 1030. The minimum absolute atomic E-state index is 0.0680. The first kappa shape index (κ1) is 25.2. The Balaban J connectivity index is 1.17. The van der Waals surface area contributed by atoms with Gasteiger partial charge < -0.3 is 29.5 Å². The molecule has 3 aliphatic rings. The van der Waals surface area contributed by atoms with Crippen LogP contribution in [-0.2, 0) is 0 Å². The quantitative estimate of drug-likeness (QED) is 0.523. The standard InChI is InChI=1S/C26H36F3N5O2/c1-18-23(24(35)30-20-5-6-22(21(27)15-20)33-10-3-2-4-11-33)31-25(36-18)34-12-7-19(17-34)16-32-13-8-26(28,29)9-14-32/h5-6,15,19,24,30,35H,2-4,7-14,16-17H2,1H3. The molecule has 0 aliphatic carbocycles. The SMILES string of the molecule is Cc1oc(N2CCC(CN3CCC(F)(F)CC3)C2)nc1C(O)Nc1ccc(N2CCCCC2)c(F)c1. The van der Waals surface area contributed by atoms with Crippen molar-refractivity contribution in [3.05, 3.63) is 35.5 Å². The zero-order valence-corrected chi connectivity index (χ0v) is 20.9. The number of aliphatic hydroxyl groups is 1. The summed E-state index contributed by atoms with van der Waals surface area (Å²) in [5.41, 5.74) is 1.43. The highest BCUT2D eigenvalue weighted by Crippen LogP contribution is 2.32. The fourth-order valence-electron chi connectivity index (χ4n) is 5.58. The smallest absolute Gasteiger partial charge is 0.297 e. The van der Waals surface area contributed by atoms with E-state index in [1.165, 1.54) is 12.5 Å². The molecule has 4 heterocycles. The van der Waals surface area contributed by atoms with E-state index >= 15 is 0 Å². The lowest BCUT2D eigenvalue weighted by molar-refractivity contribution is -0.0569. The van der Waals surface area contributed by atoms with E-state index < -0.39 is 12.2 Å². The number of alkyl halides is 2. The number of aromatic nitrogens is 1. The van der Waals surface area contributed by atoms with Crippen LogP contribution in [0, 0.1) is 18.7 Å². The van der Waals surface area contributed by atoms with Crippen LogP contribution in [0.4, 0.5) is 30.6 Å². The summed E-state index contributed by atoms with van der Waals surface area (Å²) in [4.78, 5) is 10.8. The Morgan fingerprint density at radius 2 is 1.86 bits per heavy atom. The third-order valence-electron chi connectivity index (χ3n) is 7.69. The topological polar surface area (TPSA) is 68.0 Å². The van der Waals surface area contributed by atoms with Crippen LogP contribution in [0.3, 0.4) is 0 Å². The number of aliphatic hydroxyl groups excluding tert-OH is 1. The normalized spacial score (nSPS) is 23.8. The zero-order chi connectivity index (χ0) is 25.3. The lowest BCUT2D eigenvalue weighted by Gasteiger charge is -2.33. The molecule has 0 bridgehead atoms. The van der Waals surface area contributed by atoms with Crippen molar-refractivity contribution in [2.24, 2.45) is 5.92 Å². The largest absolute Gasteiger partial charge is 0.428 e. The molecule has 3 aliphatic heterocycles. The maximum atomic E-state index is 14.8. The number of likely N-dealkylation sites (tertiary alicyclic amines) is 1. The molecule has 36 heavy (non-hydrogen) atoms. The highest BCUT2D eigenvalue weighted by Gasteiger charge is 2.36. The van der Waals surface area contributed by atoms with Gasteiger partial charge in [-0.3, -0.25) is 0 Å². The highest BCUT2D eigenvalue weighted by atomic mass is 19.3. The molecule has 198 valence electrons. The first-order valence-electron chi connectivity index (χ1n) is 13.1. The van der Waals surface area contributed by atoms with Gasteiger partial charge in [-0.05, 0) is 56.7 Å². The molecule has 0 spiro atoms. The third kappa shape index (κ3) is 5.75. The monoisotopic (exact) mass is 507 g/mol. The molecule has 0 amide bonds. The van der Waals surface area contributed by atoms with Gasteiger partial charge in [0.25, 0.3) is 11.9 Å². The predicted octanol–water partition coefficient (Wildman–Crippen LogP) is 4.77. The molecule has 2 N–H and O–H groups in total. The van der Waals surface area contributed by atoms with E-state index in [1.807, 2.05) is 4.90 Å². The molecule has 0 saturated carbocycles. The van der Waals surface area contributed by atoms with Crippen LogP contribution in [0.2, 0.25) is 0 Å². The molecule has 7 nitrogen and oxygen atoms in total. The van der Waals surface area contributed by atoms with Crippen molar-refractivity contribution in [1.82, 2.24) is 9.88 Å². The average molecular weight is 508 g/mol. The summed E-state index contributed by atoms with van der Waals surface area (Å²) in [5, 5.41) is 13.7. The first-order valence-corrected chi connectivity index (χ1v) is 13.1. The first-order chi connectivity index (χ1) is 17.3. The Kier molecular flexibility index (Phi) is 7.35. The number of halogens is 3. The van der Waals surface area contributed by atoms with Crippen molar-refractivity contribution in [3.63, 3.8) is 0 Å². The molecule has 1 aromatic carbocycles. The summed E-state index contributed by atoms with van der Waals surface area (Å²) in [6.07, 6.45) is 2.98. The van der Waals surface area contributed by atoms with E-state index in [0.29, 0.717) is 47.9 Å². The maximum absolute atomic E-state index is 14.8. The molecule has 2 aromatic rings. The Morgan fingerprint density at radius 3 is 2.58 bits per heavy atom. The minimum atomic E-state index is -2.53. The number of hydrogen-bond donors (Lipinski definition) is 2. The Morgan fingerprint density at radius 1 is 1.11 bits per heavy atom. The summed E-state index contributed by atoms with van der Waals surface area (Å²) in [7, 11) is 0. The van der Waals surface area contributed by atoms with Gasteiger partial charge in [-0.15, -0.1) is 0 Å². The van der Waals surface area contributed by atoms with Crippen molar-refractivity contribution in [3.8, 4) is 0 Å². The van der Waals surface area contributed by atoms with Crippen molar-refractivity contribution < 1.29 is 22.7 Å². The fraction of sp³-hybridized carbons (Fsp3) is 0.654. The van der Waals surface area contributed by atoms with Gasteiger partial charge in [0.15, 0.2) is 6.23 Å². The maximum Gasteiger partial charge on any atom is 0.297 e. The third-order valence-corrected chi connectivity index (χ3v) is 7.69. The molecule has 2 atom stereocenters. The van der Waals surface area contributed by atoms with Gasteiger partial charge in [0.05, 0.1) is 5.69 Å². The number of hydrogen-bond acceptors (Lipinski definition) is 7. The Hall–Kier alpha value is -2.46. The summed E-state index contributed by atoms with van der Waals surface area (Å²) in [6.45, 7) is 6.63. The lowest BCUT2D eigenvalue weighted by Crippen LogP contribution is -2.42. The number of aryl methyl sites for hydroxylation is 1. The van der Waals surface area contributed by atoms with E-state index in [1.54, 1.807) is 19.1 Å². The van der Waals surface area contributed by atoms with Crippen LogP contribution < -0.4 is 15.1 Å². The predicted molar refractivity (Wildman–Crippen MR) is 133 cm³/mol. The highest BCUT2D eigenvalue weighted by molar-refractivity contribution is 5.57. The molecule has 3 fully saturated rings. The van der Waals surface area contributed by atoms with Gasteiger partial charge in [-0.1, -0.05) is 0 Å². The van der Waals surface area contributed by atoms with Gasteiger partial charge >= 0.3 is 0 Å². The van der Waals surface area contributed by atoms with Gasteiger partial charge in [-0.25, -0.2) is 13.2 Å². The van der Waals surface area contributed by atoms with Crippen molar-refractivity contribution in [1.29, 1.82) is 0 Å². The van der Waals surface area contributed by atoms with E-state index in [4.69, 9.17) is 4.42 Å².